The Hall–Kier alpha value is -0.940. The second-order valence-corrected chi connectivity index (χ2v) is 6.61. The number of rotatable bonds is 5. The Morgan fingerprint density at radius 1 is 1.35 bits per heavy atom. The molecule has 1 aromatic rings. The predicted molar refractivity (Wildman–Crippen MR) is 65.0 cm³/mol. The van der Waals surface area contributed by atoms with E-state index in [4.69, 9.17) is 0 Å². The van der Waals surface area contributed by atoms with Crippen molar-refractivity contribution in [3.05, 3.63) is 35.1 Å². The molecule has 3 nitrogen and oxygen atoms in total. The van der Waals surface area contributed by atoms with Crippen LogP contribution in [0.5, 0.6) is 0 Å². The molecule has 0 fully saturated rings. The Kier molecular flexibility index (Phi) is 4.65. The second-order valence-electron chi connectivity index (χ2n) is 4.35. The Morgan fingerprint density at radius 2 is 2.00 bits per heavy atom. The highest BCUT2D eigenvalue weighted by atomic mass is 32.2. The van der Waals surface area contributed by atoms with Crippen LogP contribution in [-0.2, 0) is 9.84 Å². The third kappa shape index (κ3) is 5.28. The van der Waals surface area contributed by atoms with Gasteiger partial charge in [-0.3, -0.25) is 0 Å². The van der Waals surface area contributed by atoms with Crippen molar-refractivity contribution in [3.63, 3.8) is 0 Å². The molecule has 0 amide bonds. The van der Waals surface area contributed by atoms with E-state index in [-0.39, 0.29) is 11.6 Å². The molecular weight excluding hydrogens is 243 g/mol. The summed E-state index contributed by atoms with van der Waals surface area (Å²) in [4.78, 5) is 0. The normalized spacial score (nSPS) is 13.6. The minimum Gasteiger partial charge on any atom is -0.388 e. The molecule has 0 spiro atoms. The zero-order valence-electron chi connectivity index (χ0n) is 9.98. The van der Waals surface area contributed by atoms with Crippen molar-refractivity contribution < 1.29 is 17.9 Å². The molecule has 0 saturated heterocycles. The summed E-state index contributed by atoms with van der Waals surface area (Å²) in [7, 11) is -3.00. The van der Waals surface area contributed by atoms with Gasteiger partial charge in [0.05, 0.1) is 6.10 Å². The molecule has 0 aliphatic rings. The number of aliphatic hydroxyl groups excluding tert-OH is 1. The largest absolute Gasteiger partial charge is 0.388 e. The maximum absolute atomic E-state index is 13.1. The summed E-state index contributed by atoms with van der Waals surface area (Å²) in [5.41, 5.74) is 1.23. The molecule has 96 valence electrons. The standard InChI is InChI=1S/C12H17FO3S/c1-9-6-10(8-11(13)7-9)12(14)4-3-5-17(2,15)16/h6-8,12,14H,3-5H2,1-2H3. The highest BCUT2D eigenvalue weighted by Crippen LogP contribution is 2.20. The Labute approximate surface area is 101 Å². The van der Waals surface area contributed by atoms with Gasteiger partial charge in [0.2, 0.25) is 0 Å². The molecule has 17 heavy (non-hydrogen) atoms. The molecule has 1 N–H and O–H groups in total. The van der Waals surface area contributed by atoms with E-state index in [9.17, 15) is 17.9 Å². The first-order valence-electron chi connectivity index (χ1n) is 5.41. The summed E-state index contributed by atoms with van der Waals surface area (Å²) >= 11 is 0. The van der Waals surface area contributed by atoms with Gasteiger partial charge in [-0.15, -0.1) is 0 Å². The lowest BCUT2D eigenvalue weighted by Crippen LogP contribution is -2.06. The number of aliphatic hydroxyl groups is 1. The Balaban J connectivity index is 2.61. The number of hydrogen-bond acceptors (Lipinski definition) is 3. The first-order chi connectivity index (χ1) is 7.78. The molecule has 0 aromatic heterocycles. The minimum absolute atomic E-state index is 0.0400. The first-order valence-corrected chi connectivity index (χ1v) is 7.47. The monoisotopic (exact) mass is 260 g/mol. The zero-order chi connectivity index (χ0) is 13.1. The third-order valence-electron chi connectivity index (χ3n) is 2.44. The average molecular weight is 260 g/mol. The lowest BCUT2D eigenvalue weighted by atomic mass is 10.0. The van der Waals surface area contributed by atoms with Gasteiger partial charge in [0.1, 0.15) is 15.7 Å². The van der Waals surface area contributed by atoms with Crippen molar-refractivity contribution in [2.45, 2.75) is 25.9 Å². The molecule has 1 rings (SSSR count). The predicted octanol–water partition coefficient (Wildman–Crippen LogP) is 1.99. The van der Waals surface area contributed by atoms with E-state index in [1.807, 2.05) is 0 Å². The fourth-order valence-corrected chi connectivity index (χ4v) is 2.35. The van der Waals surface area contributed by atoms with Crippen LogP contribution in [0.2, 0.25) is 0 Å². The molecule has 1 atom stereocenters. The van der Waals surface area contributed by atoms with Crippen LogP contribution in [0.1, 0.15) is 30.1 Å². The number of halogens is 1. The zero-order valence-corrected chi connectivity index (χ0v) is 10.8. The third-order valence-corrected chi connectivity index (χ3v) is 3.47. The van der Waals surface area contributed by atoms with Crippen LogP contribution in [0.25, 0.3) is 0 Å². The van der Waals surface area contributed by atoms with E-state index in [2.05, 4.69) is 0 Å². The van der Waals surface area contributed by atoms with Gasteiger partial charge in [-0.1, -0.05) is 6.07 Å². The van der Waals surface area contributed by atoms with Gasteiger partial charge in [0.15, 0.2) is 0 Å². The highest BCUT2D eigenvalue weighted by Gasteiger charge is 2.11. The Bertz CT molecular complexity index is 462. The summed E-state index contributed by atoms with van der Waals surface area (Å²) in [6, 6.07) is 4.36. The van der Waals surface area contributed by atoms with E-state index in [0.29, 0.717) is 18.4 Å². The van der Waals surface area contributed by atoms with Crippen molar-refractivity contribution in [3.8, 4) is 0 Å². The van der Waals surface area contributed by atoms with E-state index < -0.39 is 15.9 Å². The van der Waals surface area contributed by atoms with Crippen LogP contribution in [0.3, 0.4) is 0 Å². The molecule has 0 aliphatic heterocycles. The number of hydrogen-bond donors (Lipinski definition) is 1. The van der Waals surface area contributed by atoms with E-state index in [1.54, 1.807) is 13.0 Å². The van der Waals surface area contributed by atoms with Gasteiger partial charge in [-0.05, 0) is 43.0 Å². The van der Waals surface area contributed by atoms with Gasteiger partial charge >= 0.3 is 0 Å². The van der Waals surface area contributed by atoms with Crippen molar-refractivity contribution in [2.75, 3.05) is 12.0 Å². The molecule has 0 aliphatic carbocycles. The SMILES string of the molecule is Cc1cc(F)cc(C(O)CCCS(C)(=O)=O)c1. The topological polar surface area (TPSA) is 54.4 Å². The second kappa shape index (κ2) is 5.60. The van der Waals surface area contributed by atoms with Crippen LogP contribution >= 0.6 is 0 Å². The molecule has 1 unspecified atom stereocenters. The van der Waals surface area contributed by atoms with Crippen molar-refractivity contribution in [1.29, 1.82) is 0 Å². The molecular formula is C12H17FO3S. The summed E-state index contributed by atoms with van der Waals surface area (Å²) in [6.07, 6.45) is 1.03. The lowest BCUT2D eigenvalue weighted by molar-refractivity contribution is 0.166. The molecule has 1 aromatic carbocycles. The molecule has 0 radical (unpaired) electrons. The number of benzene rings is 1. The van der Waals surface area contributed by atoms with Crippen LogP contribution < -0.4 is 0 Å². The number of aryl methyl sites for hydroxylation is 1. The van der Waals surface area contributed by atoms with Crippen LogP contribution in [0.4, 0.5) is 4.39 Å². The maximum Gasteiger partial charge on any atom is 0.147 e. The molecule has 0 bridgehead atoms. The summed E-state index contributed by atoms with van der Waals surface area (Å²) in [5, 5.41) is 9.80. The van der Waals surface area contributed by atoms with Crippen LogP contribution in [-0.4, -0.2) is 25.5 Å². The summed E-state index contributed by atoms with van der Waals surface area (Å²) in [6.45, 7) is 1.75. The smallest absolute Gasteiger partial charge is 0.147 e. The van der Waals surface area contributed by atoms with Gasteiger partial charge in [0, 0.05) is 12.0 Å². The fourth-order valence-electron chi connectivity index (χ4n) is 1.66. The fraction of sp³-hybridized carbons (Fsp3) is 0.500. The van der Waals surface area contributed by atoms with Crippen LogP contribution in [0, 0.1) is 12.7 Å². The molecule has 0 heterocycles. The van der Waals surface area contributed by atoms with Gasteiger partial charge in [-0.2, -0.15) is 0 Å². The van der Waals surface area contributed by atoms with E-state index in [0.717, 1.165) is 11.8 Å². The Morgan fingerprint density at radius 3 is 2.53 bits per heavy atom. The quantitative estimate of drug-likeness (QED) is 0.881. The minimum atomic E-state index is -3.00. The van der Waals surface area contributed by atoms with Crippen molar-refractivity contribution >= 4 is 9.84 Å². The van der Waals surface area contributed by atoms with Crippen LogP contribution in [0.15, 0.2) is 18.2 Å². The summed E-state index contributed by atoms with van der Waals surface area (Å²) in [5.74, 6) is -0.347. The average Bonchev–Trinajstić information content (AvgIpc) is 2.13. The first kappa shape index (κ1) is 14.1. The van der Waals surface area contributed by atoms with Crippen molar-refractivity contribution in [2.24, 2.45) is 0 Å². The molecule has 5 heteroatoms. The number of sulfone groups is 1. The van der Waals surface area contributed by atoms with Gasteiger partial charge in [-0.25, -0.2) is 12.8 Å². The lowest BCUT2D eigenvalue weighted by Gasteiger charge is -2.11. The van der Waals surface area contributed by atoms with Gasteiger partial charge < -0.3 is 5.11 Å². The molecule has 0 saturated carbocycles. The maximum atomic E-state index is 13.1. The van der Waals surface area contributed by atoms with Crippen molar-refractivity contribution in [1.82, 2.24) is 0 Å². The van der Waals surface area contributed by atoms with E-state index >= 15 is 0 Å². The van der Waals surface area contributed by atoms with E-state index in [1.165, 1.54) is 12.1 Å². The summed E-state index contributed by atoms with van der Waals surface area (Å²) < 4.78 is 34.9. The van der Waals surface area contributed by atoms with Gasteiger partial charge in [0.25, 0.3) is 0 Å². The highest BCUT2D eigenvalue weighted by molar-refractivity contribution is 7.90.